The van der Waals surface area contributed by atoms with Crippen molar-refractivity contribution in [3.63, 3.8) is 0 Å². The molecule has 2 amide bonds. The number of halogens is 1. The predicted octanol–water partition coefficient (Wildman–Crippen LogP) is 3.84. The van der Waals surface area contributed by atoms with E-state index in [0.717, 1.165) is 21.4 Å². The fourth-order valence-corrected chi connectivity index (χ4v) is 3.75. The summed E-state index contributed by atoms with van der Waals surface area (Å²) in [5.41, 5.74) is 0.737. The molecule has 0 spiro atoms. The van der Waals surface area contributed by atoms with Crippen LogP contribution in [0.3, 0.4) is 0 Å². The van der Waals surface area contributed by atoms with Crippen LogP contribution < -0.4 is 10.1 Å². The van der Waals surface area contributed by atoms with Gasteiger partial charge in [-0.25, -0.2) is 4.99 Å². The summed E-state index contributed by atoms with van der Waals surface area (Å²) in [6.45, 7) is 1.89. The highest BCUT2D eigenvalue weighted by Crippen LogP contribution is 2.30. The summed E-state index contributed by atoms with van der Waals surface area (Å²) in [6, 6.07) is 14.4. The first-order valence-electron chi connectivity index (χ1n) is 9.42. The maximum absolute atomic E-state index is 13.4. The average Bonchev–Trinajstić information content (AvgIpc) is 3.02. The van der Waals surface area contributed by atoms with Crippen LogP contribution in [0.1, 0.15) is 22.8 Å². The lowest BCUT2D eigenvalue weighted by Gasteiger charge is -2.27. The highest BCUT2D eigenvalue weighted by molar-refractivity contribution is 9.10. The first-order valence-corrected chi connectivity index (χ1v) is 10.2. The van der Waals surface area contributed by atoms with Crippen molar-refractivity contribution in [2.45, 2.75) is 19.0 Å². The number of nitrogens with one attached hydrogen (secondary N) is 1. The molecule has 0 radical (unpaired) electrons. The zero-order valence-electron chi connectivity index (χ0n) is 16.6. The summed E-state index contributed by atoms with van der Waals surface area (Å²) in [4.78, 5) is 32.7. The Morgan fingerprint density at radius 3 is 2.50 bits per heavy atom. The predicted molar refractivity (Wildman–Crippen MR) is 118 cm³/mol. The molecular formula is C23H20BrN3O3. The molecule has 1 unspecified atom stereocenters. The lowest BCUT2D eigenvalue weighted by Crippen LogP contribution is -2.55. The summed E-state index contributed by atoms with van der Waals surface area (Å²) in [5, 5.41) is 2.91. The van der Waals surface area contributed by atoms with Crippen LogP contribution in [0.15, 0.2) is 81.9 Å². The standard InChI is InChI=1S/C23H20BrN3O3/c1-15-4-3-13-27-20(15)25-23(22(27)29,14-16-5-11-19(30-2)12-6-16)26-21(28)17-7-9-18(24)10-8-17/h3-13H,14H2,1-2H3,(H,26,28). The Hall–Kier alpha value is -3.19. The molecule has 30 heavy (non-hydrogen) atoms. The minimum atomic E-state index is -1.43. The van der Waals surface area contributed by atoms with Crippen molar-refractivity contribution in [2.24, 2.45) is 4.99 Å². The van der Waals surface area contributed by atoms with Crippen molar-refractivity contribution in [2.75, 3.05) is 7.11 Å². The summed E-state index contributed by atoms with van der Waals surface area (Å²) >= 11 is 3.37. The first-order chi connectivity index (χ1) is 14.4. The van der Waals surface area contributed by atoms with Gasteiger partial charge in [0.15, 0.2) is 0 Å². The quantitative estimate of drug-likeness (QED) is 0.728. The minimum Gasteiger partial charge on any atom is -0.497 e. The first kappa shape index (κ1) is 20.1. The van der Waals surface area contributed by atoms with E-state index in [4.69, 9.17) is 9.73 Å². The third-order valence-electron chi connectivity index (χ3n) is 5.08. The van der Waals surface area contributed by atoms with Gasteiger partial charge in [0.1, 0.15) is 11.6 Å². The van der Waals surface area contributed by atoms with E-state index in [1.54, 1.807) is 43.7 Å². The number of hydrogen-bond acceptors (Lipinski definition) is 4. The number of rotatable bonds is 5. The molecule has 2 aliphatic heterocycles. The number of methoxy groups -OCH3 is 1. The highest BCUT2D eigenvalue weighted by atomic mass is 79.9. The number of fused-ring (bicyclic) bond motifs is 1. The number of amides is 2. The van der Waals surface area contributed by atoms with Crippen LogP contribution in [0.4, 0.5) is 0 Å². The van der Waals surface area contributed by atoms with Crippen LogP contribution in [-0.4, -0.2) is 35.3 Å². The molecule has 2 aliphatic rings. The zero-order chi connectivity index (χ0) is 21.3. The number of ether oxygens (including phenoxy) is 1. The van der Waals surface area contributed by atoms with Gasteiger partial charge in [-0.05, 0) is 60.5 Å². The second kappa shape index (κ2) is 7.91. The molecule has 0 saturated carbocycles. The molecular weight excluding hydrogens is 446 g/mol. The van der Waals surface area contributed by atoms with Gasteiger partial charge < -0.3 is 10.1 Å². The van der Waals surface area contributed by atoms with Gasteiger partial charge in [-0.2, -0.15) is 0 Å². The minimum absolute atomic E-state index is 0.221. The van der Waals surface area contributed by atoms with E-state index in [9.17, 15) is 9.59 Å². The summed E-state index contributed by atoms with van der Waals surface area (Å²) < 4.78 is 6.08. The Morgan fingerprint density at radius 1 is 1.17 bits per heavy atom. The van der Waals surface area contributed by atoms with Crippen LogP contribution in [0.5, 0.6) is 5.75 Å². The molecule has 0 fully saturated rings. The molecule has 0 aliphatic carbocycles. The third-order valence-corrected chi connectivity index (χ3v) is 5.61. The molecule has 2 aromatic carbocycles. The van der Waals surface area contributed by atoms with Crippen LogP contribution in [0.2, 0.25) is 0 Å². The summed E-state index contributed by atoms with van der Waals surface area (Å²) in [5.74, 6) is 0.614. The van der Waals surface area contributed by atoms with Gasteiger partial charge in [-0.15, -0.1) is 0 Å². The number of amidine groups is 1. The Balaban J connectivity index is 1.72. The monoisotopic (exact) mass is 465 g/mol. The average molecular weight is 466 g/mol. The molecule has 7 heteroatoms. The Labute approximate surface area is 183 Å². The van der Waals surface area contributed by atoms with Crippen molar-refractivity contribution >= 4 is 33.6 Å². The molecule has 1 N–H and O–H groups in total. The lowest BCUT2D eigenvalue weighted by molar-refractivity contribution is -0.130. The van der Waals surface area contributed by atoms with E-state index in [0.29, 0.717) is 11.4 Å². The van der Waals surface area contributed by atoms with Crippen molar-refractivity contribution < 1.29 is 14.3 Å². The Kier molecular flexibility index (Phi) is 5.30. The van der Waals surface area contributed by atoms with Gasteiger partial charge in [-0.3, -0.25) is 14.5 Å². The smallest absolute Gasteiger partial charge is 0.281 e. The molecule has 2 aromatic rings. The SMILES string of the molecule is COc1ccc(CC2(NC(=O)c3ccc(Br)cc3)N=C3C(C)=CC=CN3C2=O)cc1. The number of carbonyl (C=O) groups excluding carboxylic acids is 2. The van der Waals surface area contributed by atoms with E-state index in [1.165, 1.54) is 4.90 Å². The van der Waals surface area contributed by atoms with Gasteiger partial charge >= 0.3 is 0 Å². The molecule has 2 heterocycles. The number of nitrogens with zero attached hydrogens (tertiary/aromatic N) is 2. The van der Waals surface area contributed by atoms with Crippen LogP contribution in [0, 0.1) is 0 Å². The Bertz CT molecular complexity index is 1090. The van der Waals surface area contributed by atoms with E-state index in [-0.39, 0.29) is 18.2 Å². The molecule has 152 valence electrons. The van der Waals surface area contributed by atoms with Crippen molar-refractivity contribution in [3.8, 4) is 5.75 Å². The number of aliphatic imine (C=N–C) groups is 1. The van der Waals surface area contributed by atoms with Gasteiger partial charge in [0.2, 0.25) is 5.66 Å². The molecule has 1 atom stereocenters. The lowest BCUT2D eigenvalue weighted by atomic mass is 9.98. The van der Waals surface area contributed by atoms with Gasteiger partial charge in [-0.1, -0.05) is 34.1 Å². The van der Waals surface area contributed by atoms with E-state index < -0.39 is 5.66 Å². The van der Waals surface area contributed by atoms with Crippen molar-refractivity contribution in [3.05, 3.63) is 88.1 Å². The van der Waals surface area contributed by atoms with Crippen LogP contribution in [0.25, 0.3) is 0 Å². The number of allylic oxidation sites excluding steroid dienone is 2. The highest BCUT2D eigenvalue weighted by Gasteiger charge is 2.49. The second-order valence-corrected chi connectivity index (χ2v) is 8.06. The van der Waals surface area contributed by atoms with Gasteiger partial charge in [0.25, 0.3) is 11.8 Å². The largest absolute Gasteiger partial charge is 0.497 e. The number of carbonyl (C=O) groups is 2. The van der Waals surface area contributed by atoms with E-state index in [2.05, 4.69) is 21.2 Å². The third kappa shape index (κ3) is 3.68. The topological polar surface area (TPSA) is 71.0 Å². The molecule has 6 nitrogen and oxygen atoms in total. The maximum atomic E-state index is 13.4. The van der Waals surface area contributed by atoms with Gasteiger partial charge in [0.05, 0.1) is 7.11 Å². The normalized spacial score (nSPS) is 19.8. The van der Waals surface area contributed by atoms with Crippen LogP contribution in [-0.2, 0) is 11.2 Å². The maximum Gasteiger partial charge on any atom is 0.281 e. The van der Waals surface area contributed by atoms with Gasteiger partial charge in [0, 0.05) is 22.7 Å². The fourth-order valence-electron chi connectivity index (χ4n) is 3.48. The summed E-state index contributed by atoms with van der Waals surface area (Å²) in [7, 11) is 1.60. The van der Waals surface area contributed by atoms with E-state index >= 15 is 0 Å². The van der Waals surface area contributed by atoms with Crippen LogP contribution >= 0.6 is 15.9 Å². The van der Waals surface area contributed by atoms with Crippen molar-refractivity contribution in [1.29, 1.82) is 0 Å². The molecule has 0 saturated heterocycles. The van der Waals surface area contributed by atoms with Crippen molar-refractivity contribution in [1.82, 2.24) is 10.2 Å². The summed E-state index contributed by atoms with van der Waals surface area (Å²) in [6.07, 6.45) is 5.59. The van der Waals surface area contributed by atoms with E-state index in [1.807, 2.05) is 37.3 Å². The number of benzene rings is 2. The zero-order valence-corrected chi connectivity index (χ0v) is 18.1. The molecule has 0 aromatic heterocycles. The fraction of sp³-hybridized carbons (Fsp3) is 0.174. The number of hydrogen-bond donors (Lipinski definition) is 1. The molecule has 4 rings (SSSR count). The molecule has 0 bridgehead atoms. The second-order valence-electron chi connectivity index (χ2n) is 7.15. The Morgan fingerprint density at radius 2 is 1.87 bits per heavy atom.